The summed E-state index contributed by atoms with van der Waals surface area (Å²) in [5.74, 6) is -0.458. The van der Waals surface area contributed by atoms with Crippen LogP contribution in [-0.4, -0.2) is 41.6 Å². The van der Waals surface area contributed by atoms with Gasteiger partial charge < -0.3 is 14.8 Å². The number of hydrogen-bond acceptors (Lipinski definition) is 5. The number of rotatable bonds is 4. The highest BCUT2D eigenvalue weighted by Gasteiger charge is 2.46. The van der Waals surface area contributed by atoms with E-state index in [1.54, 1.807) is 30.3 Å². The van der Waals surface area contributed by atoms with E-state index >= 15 is 0 Å². The van der Waals surface area contributed by atoms with E-state index in [0.29, 0.717) is 28.0 Å². The number of cyclic esters (lactones) is 1. The Morgan fingerprint density at radius 2 is 1.90 bits per heavy atom. The van der Waals surface area contributed by atoms with Gasteiger partial charge in [0.05, 0.1) is 13.1 Å². The van der Waals surface area contributed by atoms with Gasteiger partial charge in [-0.2, -0.15) is 0 Å². The van der Waals surface area contributed by atoms with Gasteiger partial charge in [-0.05, 0) is 18.6 Å². The number of nitrogens with zero attached hydrogens (tertiary/aromatic N) is 1. The minimum Gasteiger partial charge on any atom is -0.466 e. The number of hydrogen-bond donors (Lipinski definition) is 1. The molecule has 0 saturated carbocycles. The Kier molecular flexibility index (Phi) is 4.70. The van der Waals surface area contributed by atoms with Crippen molar-refractivity contribution in [2.24, 2.45) is 0 Å². The second kappa shape index (κ2) is 7.20. The van der Waals surface area contributed by atoms with E-state index < -0.39 is 24.2 Å². The molecule has 0 aliphatic carbocycles. The molecule has 2 amide bonds. The summed E-state index contributed by atoms with van der Waals surface area (Å²) in [6.45, 7) is 3.15. The molecular weight excluding hydrogens is 379 g/mol. The summed E-state index contributed by atoms with van der Waals surface area (Å²) in [6.07, 6.45) is -1.96. The van der Waals surface area contributed by atoms with Crippen molar-refractivity contribution < 1.29 is 28.2 Å². The first-order chi connectivity index (χ1) is 13.8. The minimum absolute atomic E-state index is 0.0664. The lowest BCUT2D eigenvalue weighted by Gasteiger charge is -2.31. The Morgan fingerprint density at radius 3 is 2.55 bits per heavy atom. The molecule has 0 aromatic heterocycles. The van der Waals surface area contributed by atoms with Gasteiger partial charge in [0, 0.05) is 29.7 Å². The first-order valence-electron chi connectivity index (χ1n) is 9.15. The number of nitrogens with one attached hydrogen (secondary N) is 1. The maximum atomic E-state index is 14.8. The molecule has 0 radical (unpaired) electrons. The van der Waals surface area contributed by atoms with Crippen LogP contribution in [0.15, 0.2) is 36.4 Å². The predicted octanol–water partition coefficient (Wildman–Crippen LogP) is 2.87. The number of amides is 2. The second-order valence-corrected chi connectivity index (χ2v) is 7.07. The quantitative estimate of drug-likeness (QED) is 0.801. The van der Waals surface area contributed by atoms with Gasteiger partial charge in [-0.15, -0.1) is 0 Å². The highest BCUT2D eigenvalue weighted by atomic mass is 19.1. The number of carbonyl (C=O) groups is 3. The maximum absolute atomic E-state index is 14.8. The molecule has 1 saturated heterocycles. The zero-order valence-corrected chi connectivity index (χ0v) is 15.9. The van der Waals surface area contributed by atoms with Crippen LogP contribution in [0, 0.1) is 5.82 Å². The van der Waals surface area contributed by atoms with Crippen LogP contribution in [-0.2, 0) is 16.1 Å². The van der Waals surface area contributed by atoms with Crippen molar-refractivity contribution in [3.8, 4) is 16.9 Å². The molecule has 4 rings (SSSR count). The summed E-state index contributed by atoms with van der Waals surface area (Å²) >= 11 is 0. The maximum Gasteiger partial charge on any atom is 0.413 e. The van der Waals surface area contributed by atoms with Crippen LogP contribution >= 0.6 is 0 Å². The normalized spacial score (nSPS) is 19.7. The molecule has 2 heterocycles. The van der Waals surface area contributed by atoms with Crippen molar-refractivity contribution in [1.29, 1.82) is 0 Å². The topological polar surface area (TPSA) is 84.9 Å². The van der Waals surface area contributed by atoms with Crippen LogP contribution in [0.5, 0.6) is 5.75 Å². The van der Waals surface area contributed by atoms with Crippen molar-refractivity contribution in [3.63, 3.8) is 0 Å². The molecular formula is C21H19FN2O5. The molecule has 7 nitrogen and oxygen atoms in total. The van der Waals surface area contributed by atoms with Gasteiger partial charge in [-0.1, -0.05) is 24.3 Å². The van der Waals surface area contributed by atoms with Gasteiger partial charge in [0.1, 0.15) is 11.6 Å². The fourth-order valence-corrected chi connectivity index (χ4v) is 3.49. The van der Waals surface area contributed by atoms with Gasteiger partial charge in [0.15, 0.2) is 11.9 Å². The third-order valence-corrected chi connectivity index (χ3v) is 5.01. The van der Waals surface area contributed by atoms with Gasteiger partial charge in [-0.25, -0.2) is 9.18 Å². The summed E-state index contributed by atoms with van der Waals surface area (Å²) in [4.78, 5) is 36.2. The summed E-state index contributed by atoms with van der Waals surface area (Å²) < 4.78 is 25.9. The lowest BCUT2D eigenvalue weighted by molar-refractivity contribution is -0.119. The molecule has 150 valence electrons. The van der Waals surface area contributed by atoms with Gasteiger partial charge in [0.2, 0.25) is 12.1 Å². The van der Waals surface area contributed by atoms with Gasteiger partial charge in [-0.3, -0.25) is 14.5 Å². The lowest BCUT2D eigenvalue weighted by Crippen LogP contribution is -2.47. The van der Waals surface area contributed by atoms with E-state index in [1.807, 2.05) is 0 Å². The minimum atomic E-state index is -0.734. The highest BCUT2D eigenvalue weighted by Crippen LogP contribution is 2.37. The highest BCUT2D eigenvalue weighted by molar-refractivity contribution is 5.94. The number of Topliss-reactive ketones (excluding diaryl/α,β-unsaturated/α-hetero) is 1. The molecule has 29 heavy (non-hydrogen) atoms. The lowest BCUT2D eigenvalue weighted by atomic mass is 9.99. The number of halogens is 1. The number of benzene rings is 2. The first-order valence-corrected chi connectivity index (χ1v) is 9.15. The van der Waals surface area contributed by atoms with Crippen molar-refractivity contribution >= 4 is 17.8 Å². The molecule has 1 fully saturated rings. The van der Waals surface area contributed by atoms with E-state index in [0.717, 1.165) is 0 Å². The third kappa shape index (κ3) is 3.53. The average molecular weight is 398 g/mol. The first kappa shape index (κ1) is 18.9. The zero-order valence-electron chi connectivity index (χ0n) is 15.9. The van der Waals surface area contributed by atoms with E-state index in [-0.39, 0.29) is 24.8 Å². The Bertz CT molecular complexity index is 1000. The third-order valence-electron chi connectivity index (χ3n) is 5.01. The molecule has 2 aromatic rings. The van der Waals surface area contributed by atoms with Crippen LogP contribution in [0.2, 0.25) is 0 Å². The Morgan fingerprint density at radius 1 is 1.17 bits per heavy atom. The molecule has 8 heteroatoms. The second-order valence-electron chi connectivity index (χ2n) is 7.07. The van der Waals surface area contributed by atoms with Gasteiger partial charge in [0.25, 0.3) is 0 Å². The summed E-state index contributed by atoms with van der Waals surface area (Å²) in [7, 11) is 0. The van der Waals surface area contributed by atoms with E-state index in [2.05, 4.69) is 5.32 Å². The van der Waals surface area contributed by atoms with Crippen molar-refractivity contribution in [3.05, 3.63) is 53.3 Å². The van der Waals surface area contributed by atoms with E-state index in [1.165, 1.54) is 24.8 Å². The smallest absolute Gasteiger partial charge is 0.413 e. The number of fused-ring (bicyclic) bond motifs is 2. The van der Waals surface area contributed by atoms with Crippen LogP contribution < -0.4 is 10.1 Å². The monoisotopic (exact) mass is 398 g/mol. The van der Waals surface area contributed by atoms with Crippen LogP contribution in [0.25, 0.3) is 11.1 Å². The number of ether oxygens (including phenoxy) is 2. The Balaban J connectivity index is 1.62. The molecule has 2 aliphatic rings. The largest absolute Gasteiger partial charge is 0.466 e. The van der Waals surface area contributed by atoms with Crippen LogP contribution in [0.3, 0.4) is 0 Å². The predicted molar refractivity (Wildman–Crippen MR) is 101 cm³/mol. The Hall–Kier alpha value is -3.42. The zero-order chi connectivity index (χ0) is 20.7. The molecule has 0 bridgehead atoms. The fraction of sp³-hybridized carbons (Fsp3) is 0.286. The number of carbonyl (C=O) groups excluding carboxylic acids is 3. The average Bonchev–Trinajstić information content (AvgIpc) is 2.99. The molecule has 0 unspecified atom stereocenters. The fourth-order valence-electron chi connectivity index (χ4n) is 3.49. The molecule has 1 N–H and O–H groups in total. The Labute approximate surface area is 166 Å². The van der Waals surface area contributed by atoms with Gasteiger partial charge >= 0.3 is 6.09 Å². The summed E-state index contributed by atoms with van der Waals surface area (Å²) in [5.41, 5.74) is 2.15. The molecule has 2 aliphatic heterocycles. The molecule has 0 spiro atoms. The van der Waals surface area contributed by atoms with E-state index in [9.17, 15) is 18.8 Å². The van der Waals surface area contributed by atoms with Crippen molar-refractivity contribution in [2.45, 2.75) is 32.7 Å². The summed E-state index contributed by atoms with van der Waals surface area (Å²) in [6, 6.07) is 9.58. The van der Waals surface area contributed by atoms with Crippen LogP contribution in [0.4, 0.5) is 9.18 Å². The van der Waals surface area contributed by atoms with Crippen LogP contribution in [0.1, 0.15) is 29.8 Å². The van der Waals surface area contributed by atoms with E-state index in [4.69, 9.17) is 9.47 Å². The number of ketones is 1. The molecule has 2 aromatic carbocycles. The SMILES string of the molecule is CC(=O)NC[C@@H]1OC(=O)N2Cc3cc(-c4ccc(C(C)=O)cc4)c(F)cc3O[C@@H]12. The summed E-state index contributed by atoms with van der Waals surface area (Å²) in [5, 5.41) is 2.60. The van der Waals surface area contributed by atoms with Crippen molar-refractivity contribution in [1.82, 2.24) is 10.2 Å². The molecule has 2 atom stereocenters. The standard InChI is InChI=1S/C21H19FN2O5/c1-11(25)13-3-5-14(6-4-13)16-7-15-10-24-20(28-18(15)8-17(16)22)19(29-21(24)27)9-23-12(2)26/h3-8,19-20H,9-10H2,1-2H3,(H,23,26)/t19-,20-/m0/s1. The van der Waals surface area contributed by atoms with Crippen molar-refractivity contribution in [2.75, 3.05) is 6.54 Å².